The first kappa shape index (κ1) is 19.1. The van der Waals surface area contributed by atoms with Crippen LogP contribution in [-0.4, -0.2) is 30.8 Å². The van der Waals surface area contributed by atoms with E-state index in [1.807, 2.05) is 43.1 Å². The van der Waals surface area contributed by atoms with Crippen LogP contribution in [0.5, 0.6) is 11.5 Å². The topological polar surface area (TPSA) is 33.7 Å². The van der Waals surface area contributed by atoms with Crippen molar-refractivity contribution < 1.29 is 9.47 Å². The van der Waals surface area contributed by atoms with Crippen LogP contribution < -0.4 is 14.8 Å². The fraction of sp³-hybridized carbons (Fsp3) is 0.350. The molecule has 134 valence electrons. The van der Waals surface area contributed by atoms with Gasteiger partial charge in [0.15, 0.2) is 16.6 Å². The Balaban J connectivity index is 2.04. The third-order valence-electron chi connectivity index (χ3n) is 4.05. The second kappa shape index (κ2) is 8.72. The minimum atomic E-state index is 0.611. The lowest BCUT2D eigenvalue weighted by Gasteiger charge is -2.22. The molecule has 0 aromatic heterocycles. The molecule has 2 aromatic carbocycles. The SMILES string of the molecule is CCOc1ccc(CN(C)C(=S)Nc2ccc(C)c(C)c2)cc1OC. The predicted molar refractivity (Wildman–Crippen MR) is 108 cm³/mol. The van der Waals surface area contributed by atoms with Gasteiger partial charge in [0.05, 0.1) is 13.7 Å². The number of hydrogen-bond donors (Lipinski definition) is 1. The summed E-state index contributed by atoms with van der Waals surface area (Å²) >= 11 is 5.52. The first-order chi connectivity index (χ1) is 11.9. The number of ether oxygens (including phenoxy) is 2. The molecule has 0 aliphatic rings. The number of nitrogens with zero attached hydrogens (tertiary/aromatic N) is 1. The van der Waals surface area contributed by atoms with Gasteiger partial charge in [-0.15, -0.1) is 0 Å². The fourth-order valence-electron chi connectivity index (χ4n) is 2.47. The number of aryl methyl sites for hydroxylation is 2. The van der Waals surface area contributed by atoms with Crippen molar-refractivity contribution in [3.63, 3.8) is 0 Å². The van der Waals surface area contributed by atoms with Crippen molar-refractivity contribution in [3.05, 3.63) is 53.1 Å². The molecule has 25 heavy (non-hydrogen) atoms. The Kier molecular flexibility index (Phi) is 6.65. The summed E-state index contributed by atoms with van der Waals surface area (Å²) in [5.74, 6) is 1.49. The summed E-state index contributed by atoms with van der Waals surface area (Å²) in [4.78, 5) is 2.00. The Labute approximate surface area is 155 Å². The molecule has 1 N–H and O–H groups in total. The Morgan fingerprint density at radius 2 is 1.84 bits per heavy atom. The molecule has 0 amide bonds. The normalized spacial score (nSPS) is 10.3. The molecule has 4 nitrogen and oxygen atoms in total. The van der Waals surface area contributed by atoms with E-state index in [1.54, 1.807) is 7.11 Å². The van der Waals surface area contributed by atoms with E-state index in [0.717, 1.165) is 22.7 Å². The molecule has 0 heterocycles. The summed E-state index contributed by atoms with van der Waals surface area (Å²) in [5.41, 5.74) is 4.62. The van der Waals surface area contributed by atoms with Gasteiger partial charge in [-0.25, -0.2) is 0 Å². The van der Waals surface area contributed by atoms with Crippen molar-refractivity contribution in [2.24, 2.45) is 0 Å². The summed E-state index contributed by atoms with van der Waals surface area (Å²) in [5, 5.41) is 3.97. The second-order valence-corrected chi connectivity index (χ2v) is 6.39. The van der Waals surface area contributed by atoms with Crippen molar-refractivity contribution in [2.45, 2.75) is 27.3 Å². The monoisotopic (exact) mass is 358 g/mol. The van der Waals surface area contributed by atoms with E-state index in [2.05, 4.69) is 31.3 Å². The maximum absolute atomic E-state index is 5.56. The lowest BCUT2D eigenvalue weighted by Crippen LogP contribution is -2.30. The Hall–Kier alpha value is -2.27. The summed E-state index contributed by atoms with van der Waals surface area (Å²) in [6, 6.07) is 12.2. The first-order valence-electron chi connectivity index (χ1n) is 8.33. The number of anilines is 1. The van der Waals surface area contributed by atoms with Crippen molar-refractivity contribution in [1.29, 1.82) is 0 Å². The van der Waals surface area contributed by atoms with Gasteiger partial charge in [0.1, 0.15) is 0 Å². The molecule has 0 aliphatic heterocycles. The fourth-order valence-corrected chi connectivity index (χ4v) is 2.65. The highest BCUT2D eigenvalue weighted by Gasteiger charge is 2.10. The molecule has 0 fully saturated rings. The highest BCUT2D eigenvalue weighted by atomic mass is 32.1. The second-order valence-electron chi connectivity index (χ2n) is 6.00. The molecule has 0 bridgehead atoms. The molecule has 5 heteroatoms. The minimum Gasteiger partial charge on any atom is -0.493 e. The quantitative estimate of drug-likeness (QED) is 0.767. The van der Waals surface area contributed by atoms with Crippen molar-refractivity contribution in [1.82, 2.24) is 4.90 Å². The minimum absolute atomic E-state index is 0.611. The summed E-state index contributed by atoms with van der Waals surface area (Å²) in [7, 11) is 3.62. The third-order valence-corrected chi connectivity index (χ3v) is 4.47. The number of methoxy groups -OCH3 is 1. The van der Waals surface area contributed by atoms with Crippen molar-refractivity contribution in [3.8, 4) is 11.5 Å². The number of thiocarbonyl (C=S) groups is 1. The largest absolute Gasteiger partial charge is 0.493 e. The molecule has 0 atom stereocenters. The molecular formula is C20H26N2O2S. The predicted octanol–water partition coefficient (Wildman–Crippen LogP) is 4.54. The Bertz CT molecular complexity index is 746. The van der Waals surface area contributed by atoms with E-state index in [9.17, 15) is 0 Å². The molecular weight excluding hydrogens is 332 g/mol. The summed E-state index contributed by atoms with van der Waals surface area (Å²) < 4.78 is 11.0. The van der Waals surface area contributed by atoms with Crippen LogP contribution >= 0.6 is 12.2 Å². The van der Waals surface area contributed by atoms with Crippen LogP contribution in [0.4, 0.5) is 5.69 Å². The number of rotatable bonds is 6. The molecule has 2 rings (SSSR count). The Morgan fingerprint density at radius 1 is 1.08 bits per heavy atom. The van der Waals surface area contributed by atoms with Crippen LogP contribution in [-0.2, 0) is 6.54 Å². The zero-order valence-electron chi connectivity index (χ0n) is 15.6. The van der Waals surface area contributed by atoms with Crippen LogP contribution in [0, 0.1) is 13.8 Å². The standard InChI is InChI=1S/C20H26N2O2S/c1-6-24-18-10-8-16(12-19(18)23-5)13-22(4)20(25)21-17-9-7-14(2)15(3)11-17/h7-12H,6,13H2,1-5H3,(H,21,25). The highest BCUT2D eigenvalue weighted by molar-refractivity contribution is 7.80. The number of nitrogens with one attached hydrogen (secondary N) is 1. The van der Waals surface area contributed by atoms with Crippen molar-refractivity contribution in [2.75, 3.05) is 26.1 Å². The number of benzene rings is 2. The lowest BCUT2D eigenvalue weighted by molar-refractivity contribution is 0.310. The molecule has 0 saturated carbocycles. The van der Waals surface area contributed by atoms with Gasteiger partial charge in [-0.1, -0.05) is 12.1 Å². The van der Waals surface area contributed by atoms with Crippen LogP contribution in [0.3, 0.4) is 0 Å². The zero-order valence-corrected chi connectivity index (χ0v) is 16.4. The van der Waals surface area contributed by atoms with E-state index in [4.69, 9.17) is 21.7 Å². The van der Waals surface area contributed by atoms with E-state index in [0.29, 0.717) is 18.3 Å². The average molecular weight is 359 g/mol. The van der Waals surface area contributed by atoms with Crippen molar-refractivity contribution >= 4 is 23.0 Å². The van der Waals surface area contributed by atoms with E-state index in [1.165, 1.54) is 11.1 Å². The van der Waals surface area contributed by atoms with E-state index < -0.39 is 0 Å². The first-order valence-corrected chi connectivity index (χ1v) is 8.74. The van der Waals surface area contributed by atoms with Crippen LogP contribution in [0.1, 0.15) is 23.6 Å². The molecule has 0 radical (unpaired) electrons. The molecule has 0 saturated heterocycles. The molecule has 0 aliphatic carbocycles. The summed E-state index contributed by atoms with van der Waals surface area (Å²) in [6.45, 7) is 7.44. The maximum atomic E-state index is 5.56. The average Bonchev–Trinajstić information content (AvgIpc) is 2.59. The molecule has 2 aromatic rings. The van der Waals surface area contributed by atoms with Gasteiger partial charge in [0.25, 0.3) is 0 Å². The van der Waals surface area contributed by atoms with E-state index >= 15 is 0 Å². The molecule has 0 spiro atoms. The van der Waals surface area contributed by atoms with Gasteiger partial charge < -0.3 is 19.7 Å². The van der Waals surface area contributed by atoms with Gasteiger partial charge >= 0.3 is 0 Å². The van der Waals surface area contributed by atoms with Crippen LogP contribution in [0.2, 0.25) is 0 Å². The number of hydrogen-bond acceptors (Lipinski definition) is 3. The van der Waals surface area contributed by atoms with E-state index in [-0.39, 0.29) is 0 Å². The lowest BCUT2D eigenvalue weighted by atomic mass is 10.1. The smallest absolute Gasteiger partial charge is 0.173 e. The Morgan fingerprint density at radius 3 is 2.48 bits per heavy atom. The third kappa shape index (κ3) is 5.10. The summed E-state index contributed by atoms with van der Waals surface area (Å²) in [6.07, 6.45) is 0. The highest BCUT2D eigenvalue weighted by Crippen LogP contribution is 2.28. The van der Waals surface area contributed by atoms with Gasteiger partial charge in [0.2, 0.25) is 0 Å². The zero-order chi connectivity index (χ0) is 18.4. The van der Waals surface area contributed by atoms with Gasteiger partial charge in [-0.05, 0) is 73.9 Å². The van der Waals surface area contributed by atoms with Crippen LogP contribution in [0.25, 0.3) is 0 Å². The van der Waals surface area contributed by atoms with Crippen LogP contribution in [0.15, 0.2) is 36.4 Å². The van der Waals surface area contributed by atoms with Gasteiger partial charge in [0, 0.05) is 19.3 Å². The molecule has 0 unspecified atom stereocenters. The van der Waals surface area contributed by atoms with Gasteiger partial charge in [-0.3, -0.25) is 0 Å². The van der Waals surface area contributed by atoms with Gasteiger partial charge in [-0.2, -0.15) is 0 Å². The maximum Gasteiger partial charge on any atom is 0.173 e.